The summed E-state index contributed by atoms with van der Waals surface area (Å²) in [4.78, 5) is 11.9. The van der Waals surface area contributed by atoms with Gasteiger partial charge in [0.25, 0.3) is 5.91 Å². The van der Waals surface area contributed by atoms with Crippen molar-refractivity contribution in [2.45, 2.75) is 18.6 Å². The van der Waals surface area contributed by atoms with E-state index in [2.05, 4.69) is 16.5 Å². The van der Waals surface area contributed by atoms with Gasteiger partial charge in [-0.1, -0.05) is 6.08 Å². The molecule has 0 unspecified atom stereocenters. The van der Waals surface area contributed by atoms with Crippen LogP contribution in [-0.4, -0.2) is 41.0 Å². The van der Waals surface area contributed by atoms with E-state index in [4.69, 9.17) is 15.1 Å². The van der Waals surface area contributed by atoms with Crippen LogP contribution < -0.4 is 15.7 Å². The van der Waals surface area contributed by atoms with E-state index < -0.39 is 42.5 Å². The number of fused-ring (bicyclic) bond motifs is 1. The zero-order valence-electron chi connectivity index (χ0n) is 16.5. The van der Waals surface area contributed by atoms with Crippen LogP contribution in [0.2, 0.25) is 0 Å². The van der Waals surface area contributed by atoms with Crippen molar-refractivity contribution in [3.63, 3.8) is 0 Å². The third-order valence-electron chi connectivity index (χ3n) is 5.19. The van der Waals surface area contributed by atoms with Crippen LogP contribution in [0.1, 0.15) is 33.9 Å². The highest BCUT2D eigenvalue weighted by Gasteiger charge is 2.38. The number of hydrogen-bond acceptors (Lipinski definition) is 7. The van der Waals surface area contributed by atoms with Crippen LogP contribution in [0.25, 0.3) is 6.08 Å². The number of anilines is 2. The van der Waals surface area contributed by atoms with E-state index in [1.165, 1.54) is 29.0 Å². The first-order valence-electron chi connectivity index (χ1n) is 9.59. The van der Waals surface area contributed by atoms with E-state index >= 15 is 0 Å². The summed E-state index contributed by atoms with van der Waals surface area (Å²) in [5, 5.41) is 25.9. The molecule has 9 nitrogen and oxygen atoms in total. The van der Waals surface area contributed by atoms with E-state index in [0.717, 1.165) is 6.07 Å². The van der Waals surface area contributed by atoms with Gasteiger partial charge < -0.3 is 25.5 Å². The molecule has 166 valence electrons. The number of aromatic nitrogens is 2. The first kappa shape index (κ1) is 21.7. The largest absolute Gasteiger partial charge is 0.552 e. The van der Waals surface area contributed by atoms with Crippen LogP contribution >= 0.6 is 0 Å². The van der Waals surface area contributed by atoms with Crippen LogP contribution in [0.15, 0.2) is 24.3 Å². The number of rotatable bonds is 4. The third-order valence-corrected chi connectivity index (χ3v) is 5.19. The SMILES string of the molecule is N#C[C@H]1CCOC[C@@H]1n1cc(C(N)=O)c(Nc2cc3c(c(C(F)(F)F)c2)OB(O)C=C3)n1. The second kappa shape index (κ2) is 8.21. The molecule has 0 spiro atoms. The molecular formula is C19H17BF3N5O4. The minimum atomic E-state index is -4.77. The molecule has 2 aliphatic heterocycles. The Kier molecular flexibility index (Phi) is 5.58. The molecule has 1 fully saturated rings. The van der Waals surface area contributed by atoms with Crippen molar-refractivity contribution >= 4 is 30.6 Å². The van der Waals surface area contributed by atoms with Crippen molar-refractivity contribution < 1.29 is 32.4 Å². The number of halogens is 3. The van der Waals surface area contributed by atoms with Gasteiger partial charge in [0.05, 0.1) is 30.2 Å². The summed E-state index contributed by atoms with van der Waals surface area (Å²) >= 11 is 0. The number of nitriles is 1. The fourth-order valence-corrected chi connectivity index (χ4v) is 3.64. The number of nitrogens with one attached hydrogen (secondary N) is 1. The molecule has 1 aromatic heterocycles. The van der Waals surface area contributed by atoms with Crippen molar-refractivity contribution in [1.82, 2.24) is 9.78 Å². The maximum Gasteiger partial charge on any atom is 0.552 e. The van der Waals surface area contributed by atoms with Gasteiger partial charge >= 0.3 is 13.3 Å². The van der Waals surface area contributed by atoms with E-state index in [9.17, 15) is 28.3 Å². The summed E-state index contributed by atoms with van der Waals surface area (Å²) < 4.78 is 52.5. The van der Waals surface area contributed by atoms with Gasteiger partial charge in [0, 0.05) is 24.1 Å². The van der Waals surface area contributed by atoms with Gasteiger partial charge in [0.2, 0.25) is 0 Å². The summed E-state index contributed by atoms with van der Waals surface area (Å²) in [6.07, 6.45) is -1.64. The fraction of sp³-hybridized carbons (Fsp3) is 0.316. The Morgan fingerprint density at radius 2 is 2.22 bits per heavy atom. The van der Waals surface area contributed by atoms with Gasteiger partial charge in [-0.05, 0) is 24.5 Å². The molecule has 4 N–H and O–H groups in total. The Morgan fingerprint density at radius 1 is 1.44 bits per heavy atom. The Bertz CT molecular complexity index is 1130. The first-order chi connectivity index (χ1) is 15.2. The summed E-state index contributed by atoms with van der Waals surface area (Å²) in [7, 11) is -1.50. The van der Waals surface area contributed by atoms with Crippen LogP contribution in [0.3, 0.4) is 0 Å². The van der Waals surface area contributed by atoms with Crippen LogP contribution in [0.5, 0.6) is 5.75 Å². The minimum Gasteiger partial charge on any atom is -0.532 e. The molecule has 4 rings (SSSR count). The molecule has 2 aromatic rings. The molecular weight excluding hydrogens is 430 g/mol. The zero-order valence-corrected chi connectivity index (χ0v) is 16.5. The number of primary amides is 1. The monoisotopic (exact) mass is 447 g/mol. The molecule has 32 heavy (non-hydrogen) atoms. The van der Waals surface area contributed by atoms with Crippen molar-refractivity contribution in [2.75, 3.05) is 18.5 Å². The third kappa shape index (κ3) is 4.14. The second-order valence-corrected chi connectivity index (χ2v) is 7.33. The number of amides is 1. The molecule has 0 saturated carbocycles. The summed E-state index contributed by atoms with van der Waals surface area (Å²) in [6, 6.07) is 3.85. The number of carbonyl (C=O) groups is 1. The molecule has 0 radical (unpaired) electrons. The van der Waals surface area contributed by atoms with Gasteiger partial charge in [-0.15, -0.1) is 0 Å². The minimum absolute atomic E-state index is 0.0230. The van der Waals surface area contributed by atoms with Gasteiger partial charge in [-0.25, -0.2) is 0 Å². The molecule has 1 amide bonds. The Balaban J connectivity index is 1.73. The molecule has 2 aliphatic rings. The maximum atomic E-state index is 13.6. The number of carbonyl (C=O) groups excluding carboxylic acids is 1. The second-order valence-electron chi connectivity index (χ2n) is 7.33. The lowest BCUT2D eigenvalue weighted by Crippen LogP contribution is -2.29. The van der Waals surface area contributed by atoms with E-state index in [0.29, 0.717) is 13.0 Å². The highest BCUT2D eigenvalue weighted by atomic mass is 19.4. The lowest BCUT2D eigenvalue weighted by atomic mass is 9.85. The highest BCUT2D eigenvalue weighted by molar-refractivity contribution is 6.51. The lowest BCUT2D eigenvalue weighted by Gasteiger charge is -2.27. The number of nitrogens with two attached hydrogens (primary N) is 1. The summed E-state index contributed by atoms with van der Waals surface area (Å²) in [6.45, 7) is 0.614. The quantitative estimate of drug-likeness (QED) is 0.612. The lowest BCUT2D eigenvalue weighted by molar-refractivity contribution is -0.138. The predicted molar refractivity (Wildman–Crippen MR) is 107 cm³/mol. The normalized spacial score (nSPS) is 20.3. The predicted octanol–water partition coefficient (Wildman–Crippen LogP) is 2.27. The molecule has 3 heterocycles. The van der Waals surface area contributed by atoms with Crippen LogP contribution in [-0.2, 0) is 10.9 Å². The van der Waals surface area contributed by atoms with E-state index in [1.807, 2.05) is 0 Å². The van der Waals surface area contributed by atoms with Gasteiger partial charge in [0.15, 0.2) is 5.82 Å². The van der Waals surface area contributed by atoms with E-state index in [-0.39, 0.29) is 29.2 Å². The number of benzene rings is 1. The molecule has 13 heteroatoms. The van der Waals surface area contributed by atoms with Crippen molar-refractivity contribution in [3.05, 3.63) is 41.0 Å². The van der Waals surface area contributed by atoms with Crippen LogP contribution in [0.4, 0.5) is 24.7 Å². The molecule has 1 aromatic carbocycles. The zero-order chi connectivity index (χ0) is 23.0. The van der Waals surface area contributed by atoms with Gasteiger partial charge in [-0.2, -0.15) is 23.5 Å². The number of alkyl halides is 3. The molecule has 2 atom stereocenters. The van der Waals surface area contributed by atoms with Crippen molar-refractivity contribution in [3.8, 4) is 11.8 Å². The summed E-state index contributed by atoms with van der Waals surface area (Å²) in [5.74, 6) is -0.625. The fourth-order valence-electron chi connectivity index (χ4n) is 3.64. The van der Waals surface area contributed by atoms with Crippen molar-refractivity contribution in [1.29, 1.82) is 5.26 Å². The topological polar surface area (TPSA) is 135 Å². The van der Waals surface area contributed by atoms with Gasteiger partial charge in [0.1, 0.15) is 11.3 Å². The average molecular weight is 447 g/mol. The standard InChI is InChI=1S/C19H17BF3N5O4/c21-19(22,23)14-6-12(5-10-1-3-20(30)32-16(10)14)26-18-13(17(25)29)8-28(27-18)15-9-31-4-2-11(15)7-24/h1,3,5-6,8,11,15,30H,2,4,9H2,(H2,25,29)(H,26,27)/t11-,15+/m1/s1. The number of nitrogens with zero attached hydrogens (tertiary/aromatic N) is 3. The maximum absolute atomic E-state index is 13.6. The van der Waals surface area contributed by atoms with Crippen LogP contribution in [0, 0.1) is 17.2 Å². The molecule has 0 bridgehead atoms. The number of hydrogen-bond donors (Lipinski definition) is 3. The average Bonchev–Trinajstić information content (AvgIpc) is 3.16. The smallest absolute Gasteiger partial charge is 0.532 e. The Hall–Kier alpha value is -3.50. The van der Waals surface area contributed by atoms with E-state index in [1.54, 1.807) is 0 Å². The highest BCUT2D eigenvalue weighted by Crippen LogP contribution is 2.42. The first-order valence-corrected chi connectivity index (χ1v) is 9.59. The van der Waals surface area contributed by atoms with Crippen molar-refractivity contribution in [2.24, 2.45) is 11.7 Å². The summed E-state index contributed by atoms with van der Waals surface area (Å²) in [5.41, 5.74) is 4.33. The molecule has 0 aliphatic carbocycles. The Labute approximate surface area is 180 Å². The molecule has 1 saturated heterocycles. The van der Waals surface area contributed by atoms with Gasteiger partial charge in [-0.3, -0.25) is 9.48 Å². The Morgan fingerprint density at radius 3 is 2.91 bits per heavy atom. The number of ether oxygens (including phenoxy) is 1.